The van der Waals surface area contributed by atoms with Gasteiger partial charge in [-0.15, -0.1) is 0 Å². The highest BCUT2D eigenvalue weighted by Gasteiger charge is 2.31. The van der Waals surface area contributed by atoms with Crippen LogP contribution in [0.5, 0.6) is 0 Å². The molecule has 82 valence electrons. The lowest BCUT2D eigenvalue weighted by molar-refractivity contribution is -0.143. The van der Waals surface area contributed by atoms with Gasteiger partial charge in [0.25, 0.3) is 0 Å². The number of carbonyl (C=O) groups is 2. The Labute approximate surface area is 83.7 Å². The van der Waals surface area contributed by atoms with Gasteiger partial charge in [0.2, 0.25) is 5.91 Å². The van der Waals surface area contributed by atoms with Crippen molar-refractivity contribution in [3.05, 3.63) is 0 Å². The zero-order valence-corrected chi connectivity index (χ0v) is 8.83. The van der Waals surface area contributed by atoms with E-state index in [1.54, 1.807) is 6.92 Å². The molecular formula is C9H18N2O3. The second-order valence-electron chi connectivity index (χ2n) is 3.65. The molecule has 2 atom stereocenters. The lowest BCUT2D eigenvalue weighted by Crippen LogP contribution is -2.48. The first kappa shape index (κ1) is 12.9. The molecule has 1 amide bonds. The Morgan fingerprint density at radius 1 is 1.57 bits per heavy atom. The highest BCUT2D eigenvalue weighted by Crippen LogP contribution is 2.19. The molecule has 0 aromatic rings. The molecule has 0 aliphatic carbocycles. The maximum Gasteiger partial charge on any atom is 0.325 e. The summed E-state index contributed by atoms with van der Waals surface area (Å²) in [7, 11) is 0. The lowest BCUT2D eigenvalue weighted by Gasteiger charge is -2.26. The van der Waals surface area contributed by atoms with Crippen molar-refractivity contribution < 1.29 is 14.7 Å². The molecule has 5 nitrogen and oxygen atoms in total. The van der Waals surface area contributed by atoms with Crippen molar-refractivity contribution in [2.45, 2.75) is 33.2 Å². The van der Waals surface area contributed by atoms with Gasteiger partial charge in [0, 0.05) is 6.54 Å². The summed E-state index contributed by atoms with van der Waals surface area (Å²) in [6.45, 7) is 5.20. The molecule has 0 heterocycles. The van der Waals surface area contributed by atoms with Gasteiger partial charge in [-0.1, -0.05) is 6.92 Å². The SMILES string of the molecule is CCC(C)(CN)C(=O)N[C@@H](C)C(=O)O. The highest BCUT2D eigenvalue weighted by molar-refractivity contribution is 5.87. The van der Waals surface area contributed by atoms with E-state index in [0.29, 0.717) is 6.42 Å². The van der Waals surface area contributed by atoms with Gasteiger partial charge >= 0.3 is 5.97 Å². The second-order valence-corrected chi connectivity index (χ2v) is 3.65. The molecule has 0 rings (SSSR count). The van der Waals surface area contributed by atoms with Crippen LogP contribution in [0.2, 0.25) is 0 Å². The lowest BCUT2D eigenvalue weighted by atomic mass is 9.86. The summed E-state index contributed by atoms with van der Waals surface area (Å²) in [5.41, 5.74) is 4.79. The zero-order chi connectivity index (χ0) is 11.4. The van der Waals surface area contributed by atoms with Crippen LogP contribution in [-0.4, -0.2) is 29.6 Å². The van der Waals surface area contributed by atoms with Crippen LogP contribution in [0.25, 0.3) is 0 Å². The van der Waals surface area contributed by atoms with Crippen molar-refractivity contribution in [1.29, 1.82) is 0 Å². The van der Waals surface area contributed by atoms with E-state index in [1.165, 1.54) is 6.92 Å². The number of hydrogen-bond donors (Lipinski definition) is 3. The molecule has 0 saturated heterocycles. The van der Waals surface area contributed by atoms with Crippen LogP contribution in [0.15, 0.2) is 0 Å². The van der Waals surface area contributed by atoms with Crippen molar-refractivity contribution in [3.8, 4) is 0 Å². The fourth-order valence-corrected chi connectivity index (χ4v) is 0.830. The smallest absolute Gasteiger partial charge is 0.325 e. The van der Waals surface area contributed by atoms with E-state index in [1.807, 2.05) is 6.92 Å². The van der Waals surface area contributed by atoms with Crippen LogP contribution >= 0.6 is 0 Å². The van der Waals surface area contributed by atoms with Gasteiger partial charge in [0.05, 0.1) is 5.41 Å². The third-order valence-corrected chi connectivity index (χ3v) is 2.50. The summed E-state index contributed by atoms with van der Waals surface area (Å²) in [6, 6.07) is -0.875. The van der Waals surface area contributed by atoms with Crippen LogP contribution in [-0.2, 0) is 9.59 Å². The van der Waals surface area contributed by atoms with Gasteiger partial charge < -0.3 is 16.2 Å². The number of nitrogens with one attached hydrogen (secondary N) is 1. The van der Waals surface area contributed by atoms with E-state index in [9.17, 15) is 9.59 Å². The summed E-state index contributed by atoms with van der Waals surface area (Å²) >= 11 is 0. The van der Waals surface area contributed by atoms with Crippen LogP contribution in [0.4, 0.5) is 0 Å². The standard InChI is InChI=1S/C9H18N2O3/c1-4-9(3,5-10)8(14)11-6(2)7(12)13/h6H,4-5,10H2,1-3H3,(H,11,14)(H,12,13)/t6-,9?/m0/s1. The molecule has 1 unspecified atom stereocenters. The normalized spacial score (nSPS) is 16.9. The first-order valence-corrected chi connectivity index (χ1v) is 4.61. The van der Waals surface area contributed by atoms with E-state index in [2.05, 4.69) is 5.32 Å². The Balaban J connectivity index is 4.40. The van der Waals surface area contributed by atoms with Crippen molar-refractivity contribution in [2.75, 3.05) is 6.54 Å². The summed E-state index contributed by atoms with van der Waals surface area (Å²) < 4.78 is 0. The van der Waals surface area contributed by atoms with Crippen LogP contribution in [0.1, 0.15) is 27.2 Å². The zero-order valence-electron chi connectivity index (χ0n) is 8.83. The summed E-state index contributed by atoms with van der Waals surface area (Å²) in [5, 5.41) is 11.0. The molecule has 14 heavy (non-hydrogen) atoms. The van der Waals surface area contributed by atoms with Crippen molar-refractivity contribution in [3.63, 3.8) is 0 Å². The van der Waals surface area contributed by atoms with Gasteiger partial charge in [-0.3, -0.25) is 9.59 Å². The van der Waals surface area contributed by atoms with Crippen molar-refractivity contribution in [2.24, 2.45) is 11.1 Å². The number of carboxylic acids is 1. The van der Waals surface area contributed by atoms with E-state index in [-0.39, 0.29) is 12.5 Å². The number of amides is 1. The van der Waals surface area contributed by atoms with Gasteiger partial charge in [-0.25, -0.2) is 0 Å². The molecule has 0 bridgehead atoms. The molecule has 0 aliphatic heterocycles. The predicted octanol–water partition coefficient (Wildman–Crippen LogP) is -0.0493. The van der Waals surface area contributed by atoms with Crippen molar-refractivity contribution in [1.82, 2.24) is 5.32 Å². The maximum atomic E-state index is 11.6. The van der Waals surface area contributed by atoms with Crippen LogP contribution in [0.3, 0.4) is 0 Å². The minimum atomic E-state index is -1.05. The first-order valence-electron chi connectivity index (χ1n) is 4.61. The van der Waals surface area contributed by atoms with Gasteiger partial charge in [0.15, 0.2) is 0 Å². The van der Waals surface area contributed by atoms with Gasteiger partial charge in [0.1, 0.15) is 6.04 Å². The molecule has 0 spiro atoms. The van der Waals surface area contributed by atoms with E-state index < -0.39 is 17.4 Å². The van der Waals surface area contributed by atoms with E-state index in [4.69, 9.17) is 10.8 Å². The average molecular weight is 202 g/mol. The minimum Gasteiger partial charge on any atom is -0.480 e. The molecular weight excluding hydrogens is 184 g/mol. The Morgan fingerprint density at radius 3 is 2.36 bits per heavy atom. The molecule has 0 aromatic heterocycles. The molecule has 0 aliphatic rings. The molecule has 5 heteroatoms. The maximum absolute atomic E-state index is 11.6. The fraction of sp³-hybridized carbons (Fsp3) is 0.778. The topological polar surface area (TPSA) is 92.4 Å². The number of hydrogen-bond acceptors (Lipinski definition) is 3. The van der Waals surface area contributed by atoms with Gasteiger partial charge in [-0.2, -0.15) is 0 Å². The molecule has 0 fully saturated rings. The first-order chi connectivity index (χ1) is 6.37. The molecule has 0 radical (unpaired) electrons. The highest BCUT2D eigenvalue weighted by atomic mass is 16.4. The largest absolute Gasteiger partial charge is 0.480 e. The Hall–Kier alpha value is -1.10. The molecule has 4 N–H and O–H groups in total. The summed E-state index contributed by atoms with van der Waals surface area (Å²) in [4.78, 5) is 22.1. The third kappa shape index (κ3) is 2.99. The van der Waals surface area contributed by atoms with E-state index in [0.717, 1.165) is 0 Å². The van der Waals surface area contributed by atoms with Crippen LogP contribution in [0, 0.1) is 5.41 Å². The predicted molar refractivity (Wildman–Crippen MR) is 52.7 cm³/mol. The monoisotopic (exact) mass is 202 g/mol. The number of carbonyl (C=O) groups excluding carboxylic acids is 1. The summed E-state index contributed by atoms with van der Waals surface area (Å²) in [5.74, 6) is -1.36. The number of rotatable bonds is 5. The average Bonchev–Trinajstić information content (AvgIpc) is 2.16. The van der Waals surface area contributed by atoms with E-state index >= 15 is 0 Å². The third-order valence-electron chi connectivity index (χ3n) is 2.50. The Kier molecular flexibility index (Phi) is 4.56. The fourth-order valence-electron chi connectivity index (χ4n) is 0.830. The van der Waals surface area contributed by atoms with Gasteiger partial charge in [-0.05, 0) is 20.3 Å². The summed E-state index contributed by atoms with van der Waals surface area (Å²) in [6.07, 6.45) is 0.585. The number of nitrogens with two attached hydrogens (primary N) is 1. The minimum absolute atomic E-state index is 0.210. The number of aliphatic carboxylic acids is 1. The Morgan fingerprint density at radius 2 is 2.07 bits per heavy atom. The second kappa shape index (κ2) is 4.95. The molecule has 0 saturated carbocycles. The molecule has 0 aromatic carbocycles. The Bertz CT molecular complexity index is 224. The van der Waals surface area contributed by atoms with Crippen molar-refractivity contribution >= 4 is 11.9 Å². The van der Waals surface area contributed by atoms with Crippen LogP contribution < -0.4 is 11.1 Å². The number of carboxylic acid groups (broad SMARTS) is 1. The quantitative estimate of drug-likeness (QED) is 0.582.